The first-order chi connectivity index (χ1) is 8.69. The molecule has 0 aliphatic carbocycles. The van der Waals surface area contributed by atoms with Gasteiger partial charge in [-0.25, -0.2) is 0 Å². The number of likely N-dealkylation sites (tertiary alicyclic amines) is 1. The molecule has 1 saturated heterocycles. The van der Waals surface area contributed by atoms with Gasteiger partial charge in [0.25, 0.3) is 0 Å². The number of amides is 2. The molecule has 1 fully saturated rings. The zero-order valence-corrected chi connectivity index (χ0v) is 11.5. The molecular formula is C13H25N3O2. The van der Waals surface area contributed by atoms with Crippen molar-refractivity contribution in [2.75, 3.05) is 26.2 Å². The van der Waals surface area contributed by atoms with Gasteiger partial charge in [0.05, 0.1) is 6.04 Å². The molecule has 1 atom stereocenters. The number of hydrogen-bond donors (Lipinski definition) is 2. The van der Waals surface area contributed by atoms with Gasteiger partial charge >= 0.3 is 0 Å². The maximum atomic E-state index is 12.1. The predicted octanol–water partition coefficient (Wildman–Crippen LogP) is 0.503. The quantitative estimate of drug-likeness (QED) is 0.696. The van der Waals surface area contributed by atoms with Gasteiger partial charge in [0.15, 0.2) is 0 Å². The monoisotopic (exact) mass is 255 g/mol. The maximum Gasteiger partial charge on any atom is 0.239 e. The van der Waals surface area contributed by atoms with Crippen molar-refractivity contribution < 1.29 is 9.59 Å². The van der Waals surface area contributed by atoms with Crippen LogP contribution in [0.2, 0.25) is 0 Å². The van der Waals surface area contributed by atoms with Gasteiger partial charge < -0.3 is 15.5 Å². The highest BCUT2D eigenvalue weighted by atomic mass is 16.2. The standard InChI is InChI=1S/C13H25N3O2/c1-3-8-15-12(17)7-10-16-9-5-6-11(13(16)18)14-4-2/h11,14H,3-10H2,1-2H3,(H,15,17). The first kappa shape index (κ1) is 15.0. The molecule has 2 N–H and O–H groups in total. The van der Waals surface area contributed by atoms with Crippen LogP contribution in [-0.2, 0) is 9.59 Å². The number of nitrogens with one attached hydrogen (secondary N) is 2. The zero-order valence-electron chi connectivity index (χ0n) is 11.5. The summed E-state index contributed by atoms with van der Waals surface area (Å²) in [5.41, 5.74) is 0. The molecule has 5 nitrogen and oxygen atoms in total. The van der Waals surface area contributed by atoms with Gasteiger partial charge in [-0.2, -0.15) is 0 Å². The lowest BCUT2D eigenvalue weighted by atomic mass is 10.0. The Labute approximate surface area is 109 Å². The normalized spacial score (nSPS) is 20.0. The zero-order chi connectivity index (χ0) is 13.4. The largest absolute Gasteiger partial charge is 0.356 e. The Morgan fingerprint density at radius 2 is 2.22 bits per heavy atom. The average molecular weight is 255 g/mol. The Bertz CT molecular complexity index is 279. The molecule has 104 valence electrons. The summed E-state index contributed by atoms with van der Waals surface area (Å²) in [5, 5.41) is 6.02. The first-order valence-corrected chi connectivity index (χ1v) is 6.97. The van der Waals surface area contributed by atoms with Crippen LogP contribution in [0.5, 0.6) is 0 Å². The fourth-order valence-corrected chi connectivity index (χ4v) is 2.19. The molecule has 0 radical (unpaired) electrons. The van der Waals surface area contributed by atoms with Crippen LogP contribution in [0.25, 0.3) is 0 Å². The van der Waals surface area contributed by atoms with Crippen LogP contribution in [0, 0.1) is 0 Å². The second-order valence-electron chi connectivity index (χ2n) is 4.68. The minimum absolute atomic E-state index is 0.0372. The van der Waals surface area contributed by atoms with Gasteiger partial charge in [0.1, 0.15) is 0 Å². The molecule has 18 heavy (non-hydrogen) atoms. The molecule has 0 aromatic heterocycles. The average Bonchev–Trinajstić information content (AvgIpc) is 2.37. The molecule has 1 aliphatic rings. The molecule has 2 amide bonds. The van der Waals surface area contributed by atoms with Gasteiger partial charge in [-0.3, -0.25) is 9.59 Å². The Morgan fingerprint density at radius 1 is 1.44 bits per heavy atom. The van der Waals surface area contributed by atoms with Crippen molar-refractivity contribution in [2.24, 2.45) is 0 Å². The lowest BCUT2D eigenvalue weighted by Gasteiger charge is -2.32. The fraction of sp³-hybridized carbons (Fsp3) is 0.846. The minimum atomic E-state index is -0.0533. The molecule has 1 aliphatic heterocycles. The first-order valence-electron chi connectivity index (χ1n) is 6.97. The lowest BCUT2D eigenvalue weighted by molar-refractivity contribution is -0.136. The van der Waals surface area contributed by atoms with Crippen LogP contribution in [0.3, 0.4) is 0 Å². The number of carbonyl (C=O) groups excluding carboxylic acids is 2. The van der Waals surface area contributed by atoms with Crippen molar-refractivity contribution in [2.45, 2.75) is 45.6 Å². The highest BCUT2D eigenvalue weighted by molar-refractivity contribution is 5.83. The number of likely N-dealkylation sites (N-methyl/N-ethyl adjacent to an activating group) is 1. The highest BCUT2D eigenvalue weighted by Gasteiger charge is 2.27. The van der Waals surface area contributed by atoms with Crippen LogP contribution in [0.15, 0.2) is 0 Å². The van der Waals surface area contributed by atoms with E-state index in [-0.39, 0.29) is 17.9 Å². The molecule has 0 aromatic rings. The Kier molecular flexibility index (Phi) is 6.72. The van der Waals surface area contributed by atoms with E-state index in [2.05, 4.69) is 10.6 Å². The number of rotatable bonds is 7. The summed E-state index contributed by atoms with van der Waals surface area (Å²) < 4.78 is 0. The van der Waals surface area contributed by atoms with Gasteiger partial charge in [-0.15, -0.1) is 0 Å². The number of carbonyl (C=O) groups is 2. The van der Waals surface area contributed by atoms with E-state index in [9.17, 15) is 9.59 Å². The van der Waals surface area contributed by atoms with E-state index in [1.165, 1.54) is 0 Å². The number of piperidine rings is 1. The Hall–Kier alpha value is -1.10. The maximum absolute atomic E-state index is 12.1. The number of nitrogens with zero attached hydrogens (tertiary/aromatic N) is 1. The van der Waals surface area contributed by atoms with Crippen molar-refractivity contribution in [3.8, 4) is 0 Å². The fourth-order valence-electron chi connectivity index (χ4n) is 2.19. The lowest BCUT2D eigenvalue weighted by Crippen LogP contribution is -2.51. The summed E-state index contributed by atoms with van der Waals surface area (Å²) in [6.07, 6.45) is 3.27. The smallest absolute Gasteiger partial charge is 0.239 e. The predicted molar refractivity (Wildman–Crippen MR) is 71.2 cm³/mol. The van der Waals surface area contributed by atoms with Crippen molar-refractivity contribution in [1.82, 2.24) is 15.5 Å². The molecule has 1 unspecified atom stereocenters. The molecular weight excluding hydrogens is 230 g/mol. The van der Waals surface area contributed by atoms with E-state index in [1.54, 1.807) is 0 Å². The summed E-state index contributed by atoms with van der Waals surface area (Å²) in [5.74, 6) is 0.182. The molecule has 5 heteroatoms. The minimum Gasteiger partial charge on any atom is -0.356 e. The van der Waals surface area contributed by atoms with Crippen LogP contribution in [0.1, 0.15) is 39.5 Å². The Balaban J connectivity index is 2.32. The van der Waals surface area contributed by atoms with E-state index in [0.29, 0.717) is 19.5 Å². The summed E-state index contributed by atoms with van der Waals surface area (Å²) in [6, 6.07) is -0.0533. The van der Waals surface area contributed by atoms with E-state index in [0.717, 1.165) is 32.4 Å². The van der Waals surface area contributed by atoms with E-state index in [4.69, 9.17) is 0 Å². The SMILES string of the molecule is CCCNC(=O)CCN1CCCC(NCC)C1=O. The van der Waals surface area contributed by atoms with E-state index >= 15 is 0 Å². The molecule has 0 aromatic carbocycles. The molecule has 1 rings (SSSR count). The van der Waals surface area contributed by atoms with Gasteiger partial charge in [-0.1, -0.05) is 13.8 Å². The third-order valence-electron chi connectivity index (χ3n) is 3.16. The third-order valence-corrected chi connectivity index (χ3v) is 3.16. The second kappa shape index (κ2) is 8.08. The van der Waals surface area contributed by atoms with Gasteiger partial charge in [0, 0.05) is 26.1 Å². The van der Waals surface area contributed by atoms with Crippen molar-refractivity contribution in [1.29, 1.82) is 0 Å². The highest BCUT2D eigenvalue weighted by Crippen LogP contribution is 2.11. The molecule has 1 heterocycles. The Morgan fingerprint density at radius 3 is 2.89 bits per heavy atom. The van der Waals surface area contributed by atoms with Crippen LogP contribution < -0.4 is 10.6 Å². The second-order valence-corrected chi connectivity index (χ2v) is 4.68. The summed E-state index contributed by atoms with van der Waals surface area (Å²) in [7, 11) is 0. The van der Waals surface area contributed by atoms with Gasteiger partial charge in [0.2, 0.25) is 11.8 Å². The number of hydrogen-bond acceptors (Lipinski definition) is 3. The van der Waals surface area contributed by atoms with Crippen LogP contribution in [0.4, 0.5) is 0 Å². The van der Waals surface area contributed by atoms with E-state index in [1.807, 2.05) is 18.7 Å². The van der Waals surface area contributed by atoms with Crippen LogP contribution >= 0.6 is 0 Å². The van der Waals surface area contributed by atoms with Gasteiger partial charge in [-0.05, 0) is 25.8 Å². The van der Waals surface area contributed by atoms with E-state index < -0.39 is 0 Å². The topological polar surface area (TPSA) is 61.4 Å². The molecule has 0 spiro atoms. The van der Waals surface area contributed by atoms with Crippen LogP contribution in [-0.4, -0.2) is 48.9 Å². The molecule has 0 bridgehead atoms. The third kappa shape index (κ3) is 4.64. The summed E-state index contributed by atoms with van der Waals surface area (Å²) >= 11 is 0. The summed E-state index contributed by atoms with van der Waals surface area (Å²) in [6.45, 7) is 6.87. The summed E-state index contributed by atoms with van der Waals surface area (Å²) in [4.78, 5) is 25.4. The molecule has 0 saturated carbocycles. The van der Waals surface area contributed by atoms with Crippen molar-refractivity contribution >= 4 is 11.8 Å². The van der Waals surface area contributed by atoms with Crippen molar-refractivity contribution in [3.63, 3.8) is 0 Å². The van der Waals surface area contributed by atoms with Crippen molar-refractivity contribution in [3.05, 3.63) is 0 Å².